The van der Waals surface area contributed by atoms with Crippen LogP contribution in [0.2, 0.25) is 0 Å². The van der Waals surface area contributed by atoms with E-state index in [1.807, 2.05) is 0 Å². The van der Waals surface area contributed by atoms with Crippen LogP contribution in [0, 0.1) is 0 Å². The molecule has 0 saturated heterocycles. The largest absolute Gasteiger partial charge is 0.333 e. The van der Waals surface area contributed by atoms with E-state index in [1.54, 1.807) is 0 Å². The maximum absolute atomic E-state index is 2.51. The second-order valence-electron chi connectivity index (χ2n) is 13.7. The van der Waals surface area contributed by atoms with E-state index in [0.717, 1.165) is 0 Å². The Morgan fingerprint density at radius 1 is 0.412 bits per heavy atom. The van der Waals surface area contributed by atoms with Gasteiger partial charge in [0.15, 0.2) is 0 Å². The topological polar surface area (TPSA) is 13.1 Å². The van der Waals surface area contributed by atoms with Gasteiger partial charge in [0, 0.05) is 50.2 Å². The third-order valence-corrected chi connectivity index (χ3v) is 11.0. The van der Waals surface area contributed by atoms with Crippen molar-refractivity contribution < 1.29 is 0 Å². The highest BCUT2D eigenvalue weighted by molar-refractivity contribution is 6.13. The Balaban J connectivity index is 1.06. The number of nitrogens with zero attached hydrogens (tertiary/aromatic N) is 3. The average Bonchev–Trinajstić information content (AvgIpc) is 3.83. The van der Waals surface area contributed by atoms with Gasteiger partial charge in [-0.1, -0.05) is 109 Å². The molecule has 0 radical (unpaired) electrons. The lowest BCUT2D eigenvalue weighted by atomic mass is 9.90. The van der Waals surface area contributed by atoms with Gasteiger partial charge in [-0.2, -0.15) is 0 Å². The summed E-state index contributed by atoms with van der Waals surface area (Å²) < 4.78 is 4.84. The third kappa shape index (κ3) is 4.18. The molecular weight excluding hydrogens is 619 g/mol. The molecule has 1 aliphatic carbocycles. The predicted molar refractivity (Wildman–Crippen MR) is 214 cm³/mol. The fourth-order valence-corrected chi connectivity index (χ4v) is 8.81. The molecule has 2 atom stereocenters. The molecule has 2 aromatic heterocycles. The van der Waals surface area contributed by atoms with Crippen molar-refractivity contribution in [1.29, 1.82) is 0 Å². The lowest BCUT2D eigenvalue weighted by Gasteiger charge is -2.30. The second kappa shape index (κ2) is 11.0. The number of rotatable bonds is 4. The molecular formula is C48H33N3. The summed E-state index contributed by atoms with van der Waals surface area (Å²) in [6.07, 6.45) is 7.23. The van der Waals surface area contributed by atoms with Gasteiger partial charge in [0.25, 0.3) is 0 Å². The first-order chi connectivity index (χ1) is 25.3. The van der Waals surface area contributed by atoms with Gasteiger partial charge in [0.1, 0.15) is 0 Å². The summed E-state index contributed by atoms with van der Waals surface area (Å²) in [5, 5.41) is 5.06. The lowest BCUT2D eigenvalue weighted by molar-refractivity contribution is 0.743. The van der Waals surface area contributed by atoms with Crippen molar-refractivity contribution in [2.45, 2.75) is 12.0 Å². The van der Waals surface area contributed by atoms with Gasteiger partial charge in [-0.3, -0.25) is 0 Å². The minimum Gasteiger partial charge on any atom is -0.333 e. The molecule has 1 aliphatic heterocycles. The summed E-state index contributed by atoms with van der Waals surface area (Å²) >= 11 is 0. The number of hydrogen-bond donors (Lipinski definition) is 0. The molecule has 11 rings (SSSR count). The van der Waals surface area contributed by atoms with Crippen LogP contribution in [0.15, 0.2) is 188 Å². The number of fused-ring (bicyclic) bond motifs is 9. The lowest BCUT2D eigenvalue weighted by Crippen LogP contribution is -2.29. The fourth-order valence-electron chi connectivity index (χ4n) is 8.81. The highest BCUT2D eigenvalue weighted by Crippen LogP contribution is 2.49. The van der Waals surface area contributed by atoms with Gasteiger partial charge in [-0.05, 0) is 95.6 Å². The van der Waals surface area contributed by atoms with Crippen LogP contribution in [-0.2, 0) is 0 Å². The van der Waals surface area contributed by atoms with E-state index in [9.17, 15) is 0 Å². The van der Waals surface area contributed by atoms with Crippen molar-refractivity contribution in [3.05, 3.63) is 194 Å². The van der Waals surface area contributed by atoms with Gasteiger partial charge in [0.05, 0.1) is 28.1 Å². The summed E-state index contributed by atoms with van der Waals surface area (Å²) in [7, 11) is 0. The molecule has 2 unspecified atom stereocenters. The molecule has 51 heavy (non-hydrogen) atoms. The van der Waals surface area contributed by atoms with Gasteiger partial charge >= 0.3 is 0 Å². The summed E-state index contributed by atoms with van der Waals surface area (Å²) in [4.78, 5) is 2.51. The molecule has 2 aliphatic rings. The number of benzene rings is 7. The minimum atomic E-state index is 0.185. The van der Waals surface area contributed by atoms with E-state index < -0.39 is 0 Å². The Labute approximate surface area is 296 Å². The second-order valence-corrected chi connectivity index (χ2v) is 13.7. The summed E-state index contributed by atoms with van der Waals surface area (Å²) in [6, 6.07) is 62.1. The van der Waals surface area contributed by atoms with Crippen LogP contribution in [0.5, 0.6) is 0 Å². The number of para-hydroxylation sites is 5. The predicted octanol–water partition coefficient (Wildman–Crippen LogP) is 12.3. The highest BCUT2D eigenvalue weighted by atomic mass is 15.2. The van der Waals surface area contributed by atoms with Crippen molar-refractivity contribution in [1.82, 2.24) is 9.13 Å². The van der Waals surface area contributed by atoms with E-state index in [-0.39, 0.29) is 6.04 Å². The summed E-state index contributed by atoms with van der Waals surface area (Å²) in [5.41, 5.74) is 13.6. The van der Waals surface area contributed by atoms with E-state index >= 15 is 0 Å². The van der Waals surface area contributed by atoms with Crippen molar-refractivity contribution in [3.8, 4) is 16.8 Å². The van der Waals surface area contributed by atoms with Crippen LogP contribution >= 0.6 is 0 Å². The first-order valence-corrected chi connectivity index (χ1v) is 17.8. The fraction of sp³-hybridized carbons (Fsp3) is 0.0417. The monoisotopic (exact) mass is 651 g/mol. The molecule has 9 aromatic rings. The maximum Gasteiger partial charge on any atom is 0.0649 e. The quantitative estimate of drug-likeness (QED) is 0.185. The van der Waals surface area contributed by atoms with E-state index in [1.165, 1.54) is 83.1 Å². The number of allylic oxidation sites excluding steroid dienone is 2. The first-order valence-electron chi connectivity index (χ1n) is 17.8. The molecule has 0 bridgehead atoms. The zero-order valence-electron chi connectivity index (χ0n) is 27.9. The van der Waals surface area contributed by atoms with Gasteiger partial charge < -0.3 is 14.0 Å². The van der Waals surface area contributed by atoms with Crippen molar-refractivity contribution in [2.24, 2.45) is 0 Å². The summed E-state index contributed by atoms with van der Waals surface area (Å²) in [5.74, 6) is 0.299. The van der Waals surface area contributed by atoms with E-state index in [0.29, 0.717) is 5.92 Å². The average molecular weight is 652 g/mol. The molecule has 0 amide bonds. The summed E-state index contributed by atoms with van der Waals surface area (Å²) in [6.45, 7) is 0. The van der Waals surface area contributed by atoms with Crippen LogP contribution in [0.25, 0.3) is 66.1 Å². The van der Waals surface area contributed by atoms with Crippen LogP contribution in [0.4, 0.5) is 11.4 Å². The van der Waals surface area contributed by atoms with Crippen LogP contribution in [-0.4, -0.2) is 15.2 Å². The molecule has 3 heteroatoms. The van der Waals surface area contributed by atoms with Crippen LogP contribution in [0.1, 0.15) is 11.5 Å². The Hall–Kier alpha value is -6.58. The highest BCUT2D eigenvalue weighted by Gasteiger charge is 2.38. The Bertz CT molecular complexity index is 2870. The standard InChI is InChI=1S/C48H33N3/c1-3-13-34(14-4-1)49-44-21-11-8-18-38(44)41-29-32(23-27-46(41)49)33-24-28-47-42(30-33)39-19-9-12-22-45(39)51(47)36-25-26-40-37-17-7-10-20-43(37)50(48(40)31-36)35-15-5-2-6-16-35/h1-31,40,48H. The molecule has 0 spiro atoms. The molecule has 0 saturated carbocycles. The van der Waals surface area contributed by atoms with Gasteiger partial charge in [-0.15, -0.1) is 0 Å². The molecule has 3 nitrogen and oxygen atoms in total. The number of aromatic nitrogens is 2. The van der Waals surface area contributed by atoms with Gasteiger partial charge in [-0.25, -0.2) is 0 Å². The molecule has 3 heterocycles. The van der Waals surface area contributed by atoms with E-state index in [4.69, 9.17) is 0 Å². The number of hydrogen-bond acceptors (Lipinski definition) is 1. The zero-order valence-corrected chi connectivity index (χ0v) is 27.9. The van der Waals surface area contributed by atoms with Crippen molar-refractivity contribution >= 4 is 60.7 Å². The van der Waals surface area contributed by atoms with Crippen molar-refractivity contribution in [2.75, 3.05) is 4.90 Å². The Morgan fingerprint density at radius 3 is 1.63 bits per heavy atom. The SMILES string of the molecule is C1=CC2c3ccccc3N(c3ccccc3)C2C=C1n1c2ccccc2c2cc(-c3ccc4c(c3)c3ccccc3n4-c3ccccc3)ccc21. The zero-order chi connectivity index (χ0) is 33.5. The first kappa shape index (κ1) is 28.3. The Kier molecular flexibility index (Phi) is 6.08. The third-order valence-electron chi connectivity index (χ3n) is 11.0. The van der Waals surface area contributed by atoms with E-state index in [2.05, 4.69) is 202 Å². The Morgan fingerprint density at radius 2 is 0.941 bits per heavy atom. The maximum atomic E-state index is 2.51. The molecule has 7 aromatic carbocycles. The normalized spacial score (nSPS) is 16.6. The smallest absolute Gasteiger partial charge is 0.0649 e. The molecule has 240 valence electrons. The van der Waals surface area contributed by atoms with Crippen LogP contribution < -0.4 is 4.90 Å². The molecule has 0 N–H and O–H groups in total. The minimum absolute atomic E-state index is 0.185. The molecule has 0 fully saturated rings. The van der Waals surface area contributed by atoms with Crippen molar-refractivity contribution in [3.63, 3.8) is 0 Å². The van der Waals surface area contributed by atoms with Gasteiger partial charge in [0.2, 0.25) is 0 Å². The number of anilines is 2. The van der Waals surface area contributed by atoms with Crippen LogP contribution in [0.3, 0.4) is 0 Å².